The molecule has 2 aromatic rings. The molecule has 0 aliphatic carbocycles. The van der Waals surface area contributed by atoms with Gasteiger partial charge in [0.15, 0.2) is 0 Å². The van der Waals surface area contributed by atoms with Crippen LogP contribution < -0.4 is 15.5 Å². The standard InChI is InChI=1S/C17H19N3O/c1-20(2)15-7-5-14(6-8-15)19-17(21)13-4-3-12-9-10-18-16(12)11-13/h3-8,11,18H,9-10H2,1-2H3,(H,19,21). The first kappa shape index (κ1) is 13.5. The number of hydrogen-bond donors (Lipinski definition) is 2. The van der Waals surface area contributed by atoms with E-state index in [4.69, 9.17) is 0 Å². The predicted octanol–water partition coefficient (Wildman–Crippen LogP) is 2.97. The van der Waals surface area contributed by atoms with Crippen molar-refractivity contribution in [2.75, 3.05) is 36.2 Å². The van der Waals surface area contributed by atoms with Crippen molar-refractivity contribution in [1.29, 1.82) is 0 Å². The quantitative estimate of drug-likeness (QED) is 0.909. The second kappa shape index (κ2) is 5.48. The lowest BCUT2D eigenvalue weighted by atomic mass is 10.1. The number of carbonyl (C=O) groups excluding carboxylic acids is 1. The number of hydrogen-bond acceptors (Lipinski definition) is 3. The van der Waals surface area contributed by atoms with Crippen molar-refractivity contribution in [2.24, 2.45) is 0 Å². The molecule has 0 radical (unpaired) electrons. The first-order chi connectivity index (χ1) is 10.1. The molecule has 0 fully saturated rings. The van der Waals surface area contributed by atoms with Gasteiger partial charge in [0.25, 0.3) is 5.91 Å². The van der Waals surface area contributed by atoms with Gasteiger partial charge in [-0.2, -0.15) is 0 Å². The molecule has 0 aromatic heterocycles. The smallest absolute Gasteiger partial charge is 0.255 e. The number of nitrogens with zero attached hydrogens (tertiary/aromatic N) is 1. The van der Waals surface area contributed by atoms with Gasteiger partial charge in [-0.25, -0.2) is 0 Å². The first-order valence-electron chi connectivity index (χ1n) is 7.09. The van der Waals surface area contributed by atoms with Crippen LogP contribution in [0.15, 0.2) is 42.5 Å². The minimum atomic E-state index is -0.0795. The van der Waals surface area contributed by atoms with Gasteiger partial charge in [0.05, 0.1) is 0 Å². The van der Waals surface area contributed by atoms with Gasteiger partial charge in [0.2, 0.25) is 0 Å². The molecule has 1 amide bonds. The molecule has 0 spiro atoms. The zero-order chi connectivity index (χ0) is 14.8. The molecule has 0 atom stereocenters. The van der Waals surface area contributed by atoms with Crippen LogP contribution in [0.4, 0.5) is 17.1 Å². The number of anilines is 3. The Morgan fingerprint density at radius 1 is 1.14 bits per heavy atom. The fourth-order valence-electron chi connectivity index (χ4n) is 2.48. The normalized spacial score (nSPS) is 12.5. The molecular formula is C17H19N3O. The van der Waals surface area contributed by atoms with E-state index in [2.05, 4.69) is 10.6 Å². The second-order valence-corrected chi connectivity index (χ2v) is 5.44. The highest BCUT2D eigenvalue weighted by atomic mass is 16.1. The van der Waals surface area contributed by atoms with E-state index in [9.17, 15) is 4.79 Å². The Morgan fingerprint density at radius 3 is 2.62 bits per heavy atom. The van der Waals surface area contributed by atoms with Gasteiger partial charge in [-0.05, 0) is 48.4 Å². The van der Waals surface area contributed by atoms with E-state index in [0.717, 1.165) is 30.0 Å². The van der Waals surface area contributed by atoms with E-state index >= 15 is 0 Å². The van der Waals surface area contributed by atoms with E-state index in [1.807, 2.05) is 61.5 Å². The summed E-state index contributed by atoms with van der Waals surface area (Å²) in [6, 6.07) is 13.6. The fourth-order valence-corrected chi connectivity index (χ4v) is 2.48. The van der Waals surface area contributed by atoms with Crippen LogP contribution >= 0.6 is 0 Å². The molecule has 108 valence electrons. The third kappa shape index (κ3) is 2.84. The van der Waals surface area contributed by atoms with Crippen LogP contribution in [0, 0.1) is 0 Å². The van der Waals surface area contributed by atoms with Crippen LogP contribution in [0.3, 0.4) is 0 Å². The van der Waals surface area contributed by atoms with E-state index in [-0.39, 0.29) is 5.91 Å². The van der Waals surface area contributed by atoms with Crippen molar-refractivity contribution >= 4 is 23.0 Å². The summed E-state index contributed by atoms with van der Waals surface area (Å²) >= 11 is 0. The summed E-state index contributed by atoms with van der Waals surface area (Å²) in [5.74, 6) is -0.0795. The van der Waals surface area contributed by atoms with Crippen LogP contribution in [0.5, 0.6) is 0 Å². The number of benzene rings is 2. The fraction of sp³-hybridized carbons (Fsp3) is 0.235. The van der Waals surface area contributed by atoms with Gasteiger partial charge in [0.1, 0.15) is 0 Å². The number of carbonyl (C=O) groups is 1. The summed E-state index contributed by atoms with van der Waals surface area (Å²) in [6.07, 6.45) is 1.03. The van der Waals surface area contributed by atoms with Crippen LogP contribution in [0.1, 0.15) is 15.9 Å². The van der Waals surface area contributed by atoms with Gasteiger partial charge in [0, 0.05) is 43.3 Å². The maximum atomic E-state index is 12.3. The summed E-state index contributed by atoms with van der Waals surface area (Å²) < 4.78 is 0. The Morgan fingerprint density at radius 2 is 1.90 bits per heavy atom. The lowest BCUT2D eigenvalue weighted by Gasteiger charge is -2.13. The summed E-state index contributed by atoms with van der Waals surface area (Å²) in [4.78, 5) is 14.3. The third-order valence-electron chi connectivity index (χ3n) is 3.72. The van der Waals surface area contributed by atoms with Gasteiger partial charge >= 0.3 is 0 Å². The van der Waals surface area contributed by atoms with Crippen molar-refractivity contribution in [2.45, 2.75) is 6.42 Å². The molecule has 4 heteroatoms. The van der Waals surface area contributed by atoms with E-state index in [0.29, 0.717) is 5.56 Å². The third-order valence-corrected chi connectivity index (χ3v) is 3.72. The molecule has 0 saturated carbocycles. The zero-order valence-corrected chi connectivity index (χ0v) is 12.3. The molecule has 2 N–H and O–H groups in total. The highest BCUT2D eigenvalue weighted by molar-refractivity contribution is 6.05. The largest absolute Gasteiger partial charge is 0.384 e. The number of nitrogens with one attached hydrogen (secondary N) is 2. The Balaban J connectivity index is 1.74. The molecule has 3 rings (SSSR count). The monoisotopic (exact) mass is 281 g/mol. The Hall–Kier alpha value is -2.49. The second-order valence-electron chi connectivity index (χ2n) is 5.44. The molecule has 21 heavy (non-hydrogen) atoms. The molecule has 0 bridgehead atoms. The first-order valence-corrected chi connectivity index (χ1v) is 7.09. The summed E-state index contributed by atoms with van der Waals surface area (Å²) in [5.41, 5.74) is 4.95. The average molecular weight is 281 g/mol. The Labute approximate surface area is 124 Å². The van der Waals surface area contributed by atoms with Crippen molar-refractivity contribution in [3.05, 3.63) is 53.6 Å². The SMILES string of the molecule is CN(C)c1ccc(NC(=O)c2ccc3c(c2)NCC3)cc1. The van der Waals surface area contributed by atoms with Crippen molar-refractivity contribution in [3.63, 3.8) is 0 Å². The van der Waals surface area contributed by atoms with Crippen LogP contribution in [0.2, 0.25) is 0 Å². The Kier molecular flexibility index (Phi) is 3.52. The van der Waals surface area contributed by atoms with Gasteiger partial charge in [-0.3, -0.25) is 4.79 Å². The van der Waals surface area contributed by atoms with Gasteiger partial charge in [-0.15, -0.1) is 0 Å². The molecule has 1 aliphatic heterocycles. The number of rotatable bonds is 3. The molecular weight excluding hydrogens is 262 g/mol. The summed E-state index contributed by atoms with van der Waals surface area (Å²) in [6.45, 7) is 0.951. The molecule has 0 saturated heterocycles. The zero-order valence-electron chi connectivity index (χ0n) is 12.3. The van der Waals surface area contributed by atoms with Crippen LogP contribution in [-0.2, 0) is 6.42 Å². The van der Waals surface area contributed by atoms with Crippen molar-refractivity contribution in [3.8, 4) is 0 Å². The average Bonchev–Trinajstić information content (AvgIpc) is 2.95. The summed E-state index contributed by atoms with van der Waals surface area (Å²) in [7, 11) is 3.98. The highest BCUT2D eigenvalue weighted by Crippen LogP contribution is 2.24. The summed E-state index contributed by atoms with van der Waals surface area (Å²) in [5, 5.41) is 6.22. The van der Waals surface area contributed by atoms with Crippen LogP contribution in [-0.4, -0.2) is 26.5 Å². The van der Waals surface area contributed by atoms with Crippen LogP contribution in [0.25, 0.3) is 0 Å². The lowest BCUT2D eigenvalue weighted by molar-refractivity contribution is 0.102. The van der Waals surface area contributed by atoms with E-state index in [1.54, 1.807) is 0 Å². The molecule has 2 aromatic carbocycles. The van der Waals surface area contributed by atoms with Crippen molar-refractivity contribution < 1.29 is 4.79 Å². The molecule has 4 nitrogen and oxygen atoms in total. The predicted molar refractivity (Wildman–Crippen MR) is 87.4 cm³/mol. The molecule has 0 unspecified atom stereocenters. The number of amides is 1. The maximum absolute atomic E-state index is 12.3. The van der Waals surface area contributed by atoms with Gasteiger partial charge < -0.3 is 15.5 Å². The minimum absolute atomic E-state index is 0.0795. The highest BCUT2D eigenvalue weighted by Gasteiger charge is 2.13. The van der Waals surface area contributed by atoms with E-state index < -0.39 is 0 Å². The van der Waals surface area contributed by atoms with Gasteiger partial charge in [-0.1, -0.05) is 6.07 Å². The molecule has 1 heterocycles. The molecule has 1 aliphatic rings. The van der Waals surface area contributed by atoms with Crippen molar-refractivity contribution in [1.82, 2.24) is 0 Å². The number of fused-ring (bicyclic) bond motifs is 1. The minimum Gasteiger partial charge on any atom is -0.384 e. The lowest BCUT2D eigenvalue weighted by Crippen LogP contribution is -2.12. The Bertz CT molecular complexity index is 662. The topological polar surface area (TPSA) is 44.4 Å². The van der Waals surface area contributed by atoms with E-state index in [1.165, 1.54) is 5.56 Å². The maximum Gasteiger partial charge on any atom is 0.255 e.